The maximum Gasteiger partial charge on any atom is 0.248 e. The summed E-state index contributed by atoms with van der Waals surface area (Å²) in [6.07, 6.45) is 3.58. The zero-order chi connectivity index (χ0) is 26.5. The lowest BCUT2D eigenvalue weighted by Crippen LogP contribution is -2.13. The van der Waals surface area contributed by atoms with Gasteiger partial charge in [-0.05, 0) is 60.7 Å². The molecule has 5 aromatic rings. The number of carbonyl (C=O) groups excluding carboxylic acids is 2. The molecule has 9 heteroatoms. The zero-order valence-electron chi connectivity index (χ0n) is 19.8. The second-order valence-electron chi connectivity index (χ2n) is 7.49. The molecule has 0 unspecified atom stereocenters. The number of hydrogen-bond acceptors (Lipinski definition) is 7. The second-order valence-corrected chi connectivity index (χ2v) is 8.35. The third-order valence-corrected chi connectivity index (χ3v) is 5.50. The van der Waals surface area contributed by atoms with Crippen molar-refractivity contribution in [2.75, 3.05) is 11.1 Å². The van der Waals surface area contributed by atoms with Crippen LogP contribution < -0.4 is 22.5 Å². The van der Waals surface area contributed by atoms with Gasteiger partial charge < -0.3 is 22.5 Å². The number of amides is 2. The molecule has 0 aliphatic carbocycles. The van der Waals surface area contributed by atoms with Crippen LogP contribution in [0.4, 0.5) is 16.5 Å². The largest absolute Gasteiger partial charge is 0.399 e. The van der Waals surface area contributed by atoms with Crippen molar-refractivity contribution in [1.82, 2.24) is 9.97 Å². The molecule has 2 amide bonds. The van der Waals surface area contributed by atoms with Gasteiger partial charge in [0.1, 0.15) is 0 Å². The minimum Gasteiger partial charge on any atom is -0.399 e. The molecule has 0 saturated carbocycles. The minimum atomic E-state index is -0.522. The predicted molar refractivity (Wildman–Crippen MR) is 149 cm³/mol. The summed E-state index contributed by atoms with van der Waals surface area (Å²) in [5, 5.41) is 6.20. The van der Waals surface area contributed by atoms with Crippen LogP contribution in [-0.4, -0.2) is 21.8 Å². The lowest BCUT2D eigenvalue weighted by atomic mass is 10.1. The van der Waals surface area contributed by atoms with E-state index < -0.39 is 11.8 Å². The average Bonchev–Trinajstić information content (AvgIpc) is 3.39. The lowest BCUT2D eigenvalue weighted by molar-refractivity contribution is 0.0988. The summed E-state index contributed by atoms with van der Waals surface area (Å²) in [7, 11) is 0. The topological polar surface area (TPSA) is 150 Å². The predicted octanol–water partition coefficient (Wildman–Crippen LogP) is 5.10. The molecule has 8 nitrogen and oxygen atoms in total. The van der Waals surface area contributed by atoms with Gasteiger partial charge in [0.2, 0.25) is 11.8 Å². The van der Waals surface area contributed by atoms with E-state index in [1.54, 1.807) is 17.5 Å². The van der Waals surface area contributed by atoms with Crippen LogP contribution in [0.5, 0.6) is 0 Å². The molecule has 0 atom stereocenters. The minimum absolute atomic E-state index is 0.361. The van der Waals surface area contributed by atoms with E-state index in [9.17, 15) is 9.59 Å². The van der Waals surface area contributed by atoms with Crippen molar-refractivity contribution in [2.45, 2.75) is 0 Å². The average molecular weight is 511 g/mol. The van der Waals surface area contributed by atoms with Crippen molar-refractivity contribution in [3.63, 3.8) is 0 Å². The smallest absolute Gasteiger partial charge is 0.248 e. The van der Waals surface area contributed by atoms with Crippen LogP contribution in [0.2, 0.25) is 0 Å². The maximum absolute atomic E-state index is 10.6. The Morgan fingerprint density at radius 2 is 1.30 bits per heavy atom. The molecule has 3 aromatic carbocycles. The molecule has 186 valence electrons. The van der Waals surface area contributed by atoms with Gasteiger partial charge in [0, 0.05) is 45.8 Å². The number of rotatable bonds is 5. The Labute approximate surface area is 218 Å². The lowest BCUT2D eigenvalue weighted by Gasteiger charge is -2.00. The Kier molecular flexibility index (Phi) is 9.89. The molecule has 0 fully saturated rings. The number of aromatic nitrogens is 2. The van der Waals surface area contributed by atoms with E-state index in [4.69, 9.17) is 17.2 Å². The number of nitrogens with zero attached hydrogens (tertiary/aromatic N) is 2. The Balaban J connectivity index is 0.000000172. The molecule has 37 heavy (non-hydrogen) atoms. The number of nitrogen functional groups attached to an aromatic ring is 1. The molecule has 2 heterocycles. The summed E-state index contributed by atoms with van der Waals surface area (Å²) in [4.78, 5) is 29.8. The Morgan fingerprint density at radius 1 is 0.730 bits per heavy atom. The van der Waals surface area contributed by atoms with Crippen molar-refractivity contribution in [2.24, 2.45) is 11.5 Å². The molecule has 0 aliphatic heterocycles. The van der Waals surface area contributed by atoms with Crippen molar-refractivity contribution in [3.8, 4) is 11.3 Å². The van der Waals surface area contributed by atoms with E-state index >= 15 is 0 Å². The molecular formula is C28H26N6O2S. The van der Waals surface area contributed by atoms with E-state index in [-0.39, 0.29) is 0 Å². The third kappa shape index (κ3) is 8.93. The highest BCUT2D eigenvalue weighted by Crippen LogP contribution is 2.26. The first kappa shape index (κ1) is 26.6. The highest BCUT2D eigenvalue weighted by Gasteiger charge is 2.04. The number of nitrogens with two attached hydrogens (primary N) is 3. The highest BCUT2D eigenvalue weighted by atomic mass is 32.1. The first-order chi connectivity index (χ1) is 17.9. The van der Waals surface area contributed by atoms with Gasteiger partial charge in [-0.25, -0.2) is 4.98 Å². The van der Waals surface area contributed by atoms with Crippen LogP contribution in [0, 0.1) is 0 Å². The van der Waals surface area contributed by atoms with Crippen molar-refractivity contribution < 1.29 is 9.59 Å². The van der Waals surface area contributed by atoms with Crippen LogP contribution >= 0.6 is 11.3 Å². The molecule has 5 rings (SSSR count). The van der Waals surface area contributed by atoms with Crippen LogP contribution in [0.15, 0.2) is 115 Å². The monoisotopic (exact) mass is 510 g/mol. The summed E-state index contributed by atoms with van der Waals surface area (Å²) < 4.78 is 0. The number of thiazole rings is 1. The number of carbonyl (C=O) groups is 2. The molecule has 0 radical (unpaired) electrons. The highest BCUT2D eigenvalue weighted by molar-refractivity contribution is 7.14. The van der Waals surface area contributed by atoms with E-state index in [1.165, 1.54) is 24.3 Å². The standard InChI is InChI=1S/C14H11N3S.C8H8N2O2.C6H7N/c1-2-6-12(7-3-1)16-14-17-13(10-18-14)11-5-4-8-15-9-11;9-7(11)5-1-2-6(4-3-5)8(10)12;7-6-4-2-1-3-5-6/h1-10H,(H,16,17);1-4H,(H2,9,11)(H2,10,12);1-5H,7H2. The van der Waals surface area contributed by atoms with Crippen LogP contribution in [0.25, 0.3) is 11.3 Å². The number of hydrogen-bond donors (Lipinski definition) is 4. The molecule has 7 N–H and O–H groups in total. The number of anilines is 3. The first-order valence-electron chi connectivity index (χ1n) is 11.1. The van der Waals surface area contributed by atoms with Crippen molar-refractivity contribution in [3.05, 3.63) is 126 Å². The number of pyridine rings is 1. The van der Waals surface area contributed by atoms with Crippen molar-refractivity contribution >= 4 is 39.7 Å². The number of para-hydroxylation sites is 2. The van der Waals surface area contributed by atoms with Crippen molar-refractivity contribution in [1.29, 1.82) is 0 Å². The maximum atomic E-state index is 10.6. The van der Waals surface area contributed by atoms with Gasteiger partial charge in [-0.15, -0.1) is 11.3 Å². The molecule has 0 spiro atoms. The number of benzene rings is 3. The van der Waals surface area contributed by atoms with Crippen LogP contribution in [0.1, 0.15) is 20.7 Å². The summed E-state index contributed by atoms with van der Waals surface area (Å²) in [6.45, 7) is 0. The Morgan fingerprint density at radius 3 is 1.76 bits per heavy atom. The first-order valence-corrected chi connectivity index (χ1v) is 12.0. The fourth-order valence-electron chi connectivity index (χ4n) is 2.87. The molecule has 0 saturated heterocycles. The van der Waals surface area contributed by atoms with Gasteiger partial charge in [0.05, 0.1) is 5.69 Å². The normalized spacial score (nSPS) is 9.62. The van der Waals surface area contributed by atoms with Gasteiger partial charge in [-0.1, -0.05) is 36.4 Å². The molecule has 2 aromatic heterocycles. The van der Waals surface area contributed by atoms with Gasteiger partial charge in [-0.2, -0.15) is 0 Å². The van der Waals surface area contributed by atoms with E-state index in [0.717, 1.165) is 27.8 Å². The Hall–Kier alpha value is -5.02. The SMILES string of the molecule is NC(=O)c1ccc(C(N)=O)cc1.Nc1ccccc1.c1ccc(Nc2nc(-c3cccnc3)cs2)cc1. The summed E-state index contributed by atoms with van der Waals surface area (Å²) >= 11 is 1.59. The van der Waals surface area contributed by atoms with Gasteiger partial charge in [-0.3, -0.25) is 14.6 Å². The van der Waals surface area contributed by atoms with Crippen LogP contribution in [0.3, 0.4) is 0 Å². The number of nitrogens with one attached hydrogen (secondary N) is 1. The van der Waals surface area contributed by atoms with E-state index in [1.807, 2.05) is 84.4 Å². The fraction of sp³-hybridized carbons (Fsp3) is 0. The second kappa shape index (κ2) is 13.8. The number of primary amides is 2. The summed E-state index contributed by atoms with van der Waals surface area (Å²) in [5.41, 5.74) is 19.9. The Bertz CT molecular complexity index is 1360. The fourth-order valence-corrected chi connectivity index (χ4v) is 3.61. The van der Waals surface area contributed by atoms with Crippen LogP contribution in [-0.2, 0) is 0 Å². The van der Waals surface area contributed by atoms with E-state index in [0.29, 0.717) is 11.1 Å². The summed E-state index contributed by atoms with van der Waals surface area (Å²) in [5.74, 6) is -1.04. The molecular weight excluding hydrogens is 484 g/mol. The van der Waals surface area contributed by atoms with Gasteiger partial charge in [0.25, 0.3) is 0 Å². The molecule has 0 bridgehead atoms. The van der Waals surface area contributed by atoms with Gasteiger partial charge >= 0.3 is 0 Å². The van der Waals surface area contributed by atoms with Gasteiger partial charge in [0.15, 0.2) is 5.13 Å². The third-order valence-electron chi connectivity index (χ3n) is 4.74. The quantitative estimate of drug-likeness (QED) is 0.242. The zero-order valence-corrected chi connectivity index (χ0v) is 20.6. The van der Waals surface area contributed by atoms with E-state index in [2.05, 4.69) is 15.3 Å². The molecule has 0 aliphatic rings. The summed E-state index contributed by atoms with van der Waals surface area (Å²) in [6, 6.07) is 29.3.